The molecule has 1 unspecified atom stereocenters. The lowest BCUT2D eigenvalue weighted by Gasteiger charge is -2.06. The van der Waals surface area contributed by atoms with E-state index in [1.165, 1.54) is 0 Å². The van der Waals surface area contributed by atoms with Crippen LogP contribution in [0.4, 0.5) is 5.69 Å². The van der Waals surface area contributed by atoms with E-state index in [0.29, 0.717) is 5.69 Å². The van der Waals surface area contributed by atoms with Gasteiger partial charge in [-0.25, -0.2) is 5.43 Å². The highest BCUT2D eigenvalue weighted by atomic mass is 79.9. The van der Waals surface area contributed by atoms with E-state index in [-0.39, 0.29) is 5.92 Å². The molecule has 5 nitrogen and oxygen atoms in total. The fourth-order valence-electron chi connectivity index (χ4n) is 1.82. The van der Waals surface area contributed by atoms with Crippen LogP contribution in [0.3, 0.4) is 0 Å². The second-order valence-electron chi connectivity index (χ2n) is 4.88. The summed E-state index contributed by atoms with van der Waals surface area (Å²) in [6.45, 7) is 1.95. The molecule has 0 aliphatic heterocycles. The standard InChI is InChI=1S/C17H16BrN3O2/c1-12(13-5-3-2-4-6-13)11-19-21-17(23)16(22)20-15-9-7-14(18)8-10-15/h2-12H,1H3,(H,20,22)(H,21,23). The van der Waals surface area contributed by atoms with Gasteiger partial charge in [0, 0.05) is 22.3 Å². The normalized spacial score (nSPS) is 11.9. The number of benzene rings is 2. The van der Waals surface area contributed by atoms with Crippen LogP contribution in [0, 0.1) is 0 Å². The number of halogens is 1. The first-order chi connectivity index (χ1) is 11.1. The average Bonchev–Trinajstić information content (AvgIpc) is 2.57. The number of nitrogens with zero attached hydrogens (tertiary/aromatic N) is 1. The molecule has 0 fully saturated rings. The van der Waals surface area contributed by atoms with Crippen molar-refractivity contribution in [2.45, 2.75) is 12.8 Å². The van der Waals surface area contributed by atoms with Gasteiger partial charge >= 0.3 is 11.8 Å². The van der Waals surface area contributed by atoms with Crippen molar-refractivity contribution in [1.29, 1.82) is 0 Å². The number of carbonyl (C=O) groups is 2. The van der Waals surface area contributed by atoms with Gasteiger partial charge in [-0.05, 0) is 29.8 Å². The van der Waals surface area contributed by atoms with E-state index < -0.39 is 11.8 Å². The van der Waals surface area contributed by atoms with E-state index in [1.54, 1.807) is 30.5 Å². The van der Waals surface area contributed by atoms with Crippen molar-refractivity contribution in [2.75, 3.05) is 5.32 Å². The summed E-state index contributed by atoms with van der Waals surface area (Å²) in [4.78, 5) is 23.4. The topological polar surface area (TPSA) is 70.6 Å². The maximum atomic E-state index is 11.7. The fraction of sp³-hybridized carbons (Fsp3) is 0.118. The molecule has 1 atom stereocenters. The molecule has 2 amide bonds. The van der Waals surface area contributed by atoms with Gasteiger partial charge in [-0.1, -0.05) is 53.2 Å². The Morgan fingerprint density at radius 1 is 1.04 bits per heavy atom. The lowest BCUT2D eigenvalue weighted by Crippen LogP contribution is -2.32. The van der Waals surface area contributed by atoms with Gasteiger partial charge in [-0.2, -0.15) is 5.10 Å². The molecular weight excluding hydrogens is 358 g/mol. The summed E-state index contributed by atoms with van der Waals surface area (Å²) in [6.07, 6.45) is 1.58. The first-order valence-electron chi connectivity index (χ1n) is 7.01. The zero-order chi connectivity index (χ0) is 16.7. The summed E-state index contributed by atoms with van der Waals surface area (Å²) in [7, 11) is 0. The maximum absolute atomic E-state index is 11.7. The van der Waals surface area contributed by atoms with Gasteiger partial charge in [0.15, 0.2) is 0 Å². The van der Waals surface area contributed by atoms with Gasteiger partial charge in [-0.3, -0.25) is 9.59 Å². The molecule has 0 aliphatic rings. The Labute approximate surface area is 142 Å². The number of hydrogen-bond donors (Lipinski definition) is 2. The van der Waals surface area contributed by atoms with Crippen LogP contribution in [0.15, 0.2) is 64.2 Å². The highest BCUT2D eigenvalue weighted by Gasteiger charge is 2.12. The first kappa shape index (κ1) is 16.9. The van der Waals surface area contributed by atoms with Gasteiger partial charge in [0.2, 0.25) is 0 Å². The van der Waals surface area contributed by atoms with Crippen LogP contribution in [0.5, 0.6) is 0 Å². The molecule has 2 N–H and O–H groups in total. The second-order valence-corrected chi connectivity index (χ2v) is 5.80. The smallest absolute Gasteiger partial charge is 0.318 e. The molecule has 0 saturated carbocycles. The van der Waals surface area contributed by atoms with E-state index in [1.807, 2.05) is 37.3 Å². The number of amides is 2. The molecule has 0 bridgehead atoms. The van der Waals surface area contributed by atoms with Gasteiger partial charge in [0.05, 0.1) is 0 Å². The Morgan fingerprint density at radius 3 is 2.35 bits per heavy atom. The molecule has 2 rings (SSSR count). The minimum Gasteiger partial charge on any atom is -0.318 e. The Kier molecular flexibility index (Phi) is 6.05. The highest BCUT2D eigenvalue weighted by molar-refractivity contribution is 9.10. The summed E-state index contributed by atoms with van der Waals surface area (Å²) in [5, 5.41) is 6.32. The molecule has 0 saturated heterocycles. The number of rotatable bonds is 4. The molecule has 0 radical (unpaired) electrons. The Morgan fingerprint density at radius 2 is 1.70 bits per heavy atom. The third-order valence-electron chi connectivity index (χ3n) is 3.10. The first-order valence-corrected chi connectivity index (χ1v) is 7.80. The Balaban J connectivity index is 1.85. The summed E-state index contributed by atoms with van der Waals surface area (Å²) >= 11 is 3.30. The molecule has 0 spiro atoms. The zero-order valence-corrected chi connectivity index (χ0v) is 14.1. The van der Waals surface area contributed by atoms with Gasteiger partial charge in [0.1, 0.15) is 0 Å². The molecule has 0 heterocycles. The number of carbonyl (C=O) groups excluding carboxylic acids is 2. The molecule has 6 heteroatoms. The van der Waals surface area contributed by atoms with Crippen LogP contribution in [0.25, 0.3) is 0 Å². The zero-order valence-electron chi connectivity index (χ0n) is 12.5. The van der Waals surface area contributed by atoms with Crippen molar-refractivity contribution in [2.24, 2.45) is 5.10 Å². The van der Waals surface area contributed by atoms with Crippen molar-refractivity contribution < 1.29 is 9.59 Å². The minimum absolute atomic E-state index is 0.0334. The number of anilines is 1. The summed E-state index contributed by atoms with van der Waals surface area (Å²) in [5.41, 5.74) is 3.83. The number of hydrazone groups is 1. The van der Waals surface area contributed by atoms with Crippen LogP contribution < -0.4 is 10.7 Å². The molecule has 23 heavy (non-hydrogen) atoms. The van der Waals surface area contributed by atoms with Crippen LogP contribution in [0.2, 0.25) is 0 Å². The minimum atomic E-state index is -0.815. The second kappa shape index (κ2) is 8.24. The van der Waals surface area contributed by atoms with E-state index >= 15 is 0 Å². The molecule has 118 valence electrons. The quantitative estimate of drug-likeness (QED) is 0.490. The lowest BCUT2D eigenvalue weighted by molar-refractivity contribution is -0.136. The van der Waals surface area contributed by atoms with Gasteiger partial charge in [0.25, 0.3) is 0 Å². The van der Waals surface area contributed by atoms with Crippen LogP contribution >= 0.6 is 15.9 Å². The third kappa shape index (κ3) is 5.34. The van der Waals surface area contributed by atoms with Gasteiger partial charge < -0.3 is 5.32 Å². The van der Waals surface area contributed by atoms with Crippen molar-refractivity contribution in [3.05, 3.63) is 64.6 Å². The molecule has 0 aromatic heterocycles. The van der Waals surface area contributed by atoms with Crippen molar-refractivity contribution in [3.8, 4) is 0 Å². The maximum Gasteiger partial charge on any atom is 0.329 e. The molecule has 0 aliphatic carbocycles. The van der Waals surface area contributed by atoms with Crippen molar-refractivity contribution in [1.82, 2.24) is 5.43 Å². The van der Waals surface area contributed by atoms with Crippen molar-refractivity contribution >= 4 is 39.6 Å². The van der Waals surface area contributed by atoms with E-state index in [9.17, 15) is 9.59 Å². The number of hydrogen-bond acceptors (Lipinski definition) is 3. The van der Waals surface area contributed by atoms with Crippen LogP contribution in [0.1, 0.15) is 18.4 Å². The van der Waals surface area contributed by atoms with E-state index in [2.05, 4.69) is 31.8 Å². The molecule has 2 aromatic rings. The highest BCUT2D eigenvalue weighted by Crippen LogP contribution is 2.14. The van der Waals surface area contributed by atoms with Gasteiger partial charge in [-0.15, -0.1) is 0 Å². The summed E-state index contributed by atoms with van der Waals surface area (Å²) in [6, 6.07) is 16.7. The number of nitrogens with one attached hydrogen (secondary N) is 2. The SMILES string of the molecule is CC(C=NNC(=O)C(=O)Nc1ccc(Br)cc1)c1ccccc1. The average molecular weight is 374 g/mol. The monoisotopic (exact) mass is 373 g/mol. The fourth-order valence-corrected chi connectivity index (χ4v) is 2.09. The molecule has 2 aromatic carbocycles. The molecular formula is C17H16BrN3O2. The van der Waals surface area contributed by atoms with Crippen molar-refractivity contribution in [3.63, 3.8) is 0 Å². The largest absolute Gasteiger partial charge is 0.329 e. The van der Waals surface area contributed by atoms with Crippen LogP contribution in [-0.2, 0) is 9.59 Å². The van der Waals surface area contributed by atoms with E-state index in [4.69, 9.17) is 0 Å². The lowest BCUT2D eigenvalue weighted by atomic mass is 10.0. The Hall–Kier alpha value is -2.47. The predicted molar refractivity (Wildman–Crippen MR) is 94.3 cm³/mol. The van der Waals surface area contributed by atoms with Crippen LogP contribution in [-0.4, -0.2) is 18.0 Å². The van der Waals surface area contributed by atoms with E-state index in [0.717, 1.165) is 10.0 Å². The predicted octanol–water partition coefficient (Wildman–Crippen LogP) is 3.29. The summed E-state index contributed by atoms with van der Waals surface area (Å²) in [5.74, 6) is -1.55. The Bertz CT molecular complexity index is 700. The summed E-state index contributed by atoms with van der Waals surface area (Å²) < 4.78 is 0.888. The third-order valence-corrected chi connectivity index (χ3v) is 3.63.